The number of benzene rings is 2. The molecule has 0 aliphatic carbocycles. The van der Waals surface area contributed by atoms with Gasteiger partial charge in [0.05, 0.1) is 7.11 Å². The van der Waals surface area contributed by atoms with Crippen molar-refractivity contribution in [2.24, 2.45) is 10.7 Å². The average molecular weight is 402 g/mol. The maximum Gasteiger partial charge on any atom is 0.193 e. The highest BCUT2D eigenvalue weighted by atomic mass is 35.5. The number of piperazine rings is 1. The van der Waals surface area contributed by atoms with E-state index in [0.717, 1.165) is 55.6 Å². The molecule has 3 rings (SSSR count). The molecule has 0 saturated carbocycles. The molecule has 2 aromatic rings. The molecule has 1 heterocycles. The van der Waals surface area contributed by atoms with Crippen molar-refractivity contribution in [3.05, 3.63) is 53.6 Å². The van der Waals surface area contributed by atoms with Crippen LogP contribution < -0.4 is 20.7 Å². The first-order valence-corrected chi connectivity index (χ1v) is 9.96. The summed E-state index contributed by atoms with van der Waals surface area (Å²) in [5.41, 5.74) is 8.07. The van der Waals surface area contributed by atoms with Gasteiger partial charge >= 0.3 is 0 Å². The van der Waals surface area contributed by atoms with Gasteiger partial charge in [0, 0.05) is 55.7 Å². The standard InChI is InChI=1S/C21H28ClN5O/c1-28-20-8-6-18(7-9-20)25-21(23)24-10-3-11-26-12-14-27(15-13-26)19-5-2-4-17(22)16-19/h2,4-9,16H,3,10-15H2,1H3,(H3,23,24,25). The van der Waals surface area contributed by atoms with Gasteiger partial charge in [-0.05, 0) is 48.9 Å². The minimum Gasteiger partial charge on any atom is -0.497 e. The van der Waals surface area contributed by atoms with Crippen molar-refractivity contribution in [1.29, 1.82) is 0 Å². The molecule has 0 aromatic heterocycles. The normalized spacial score (nSPS) is 15.5. The lowest BCUT2D eigenvalue weighted by Crippen LogP contribution is -2.46. The number of nitrogens with one attached hydrogen (secondary N) is 1. The minimum absolute atomic E-state index is 0.441. The number of guanidine groups is 1. The van der Waals surface area contributed by atoms with Crippen molar-refractivity contribution >= 4 is 28.9 Å². The highest BCUT2D eigenvalue weighted by Gasteiger charge is 2.16. The quantitative estimate of drug-likeness (QED) is 0.423. The van der Waals surface area contributed by atoms with Crippen molar-refractivity contribution in [2.45, 2.75) is 6.42 Å². The second kappa shape index (κ2) is 10.2. The van der Waals surface area contributed by atoms with Crippen LogP contribution in [0.25, 0.3) is 0 Å². The maximum absolute atomic E-state index is 6.10. The van der Waals surface area contributed by atoms with E-state index in [4.69, 9.17) is 22.1 Å². The molecule has 1 aliphatic heterocycles. The van der Waals surface area contributed by atoms with Crippen LogP contribution in [0.3, 0.4) is 0 Å². The van der Waals surface area contributed by atoms with E-state index >= 15 is 0 Å². The number of ether oxygens (including phenoxy) is 1. The van der Waals surface area contributed by atoms with E-state index in [1.165, 1.54) is 5.69 Å². The monoisotopic (exact) mass is 401 g/mol. The van der Waals surface area contributed by atoms with E-state index in [1.54, 1.807) is 7.11 Å². The van der Waals surface area contributed by atoms with Crippen molar-refractivity contribution in [3.8, 4) is 5.75 Å². The summed E-state index contributed by atoms with van der Waals surface area (Å²) in [7, 11) is 1.65. The SMILES string of the molecule is COc1ccc(NC(N)=NCCCN2CCN(c3cccc(Cl)c3)CC2)cc1. The lowest BCUT2D eigenvalue weighted by molar-refractivity contribution is 0.256. The average Bonchev–Trinajstić information content (AvgIpc) is 2.72. The number of hydrogen-bond donors (Lipinski definition) is 2. The van der Waals surface area contributed by atoms with E-state index in [-0.39, 0.29) is 0 Å². The molecule has 1 saturated heterocycles. The van der Waals surface area contributed by atoms with Crippen LogP contribution in [0, 0.1) is 0 Å². The Labute approximate surface area is 171 Å². The van der Waals surface area contributed by atoms with Gasteiger partial charge in [0.25, 0.3) is 0 Å². The molecule has 2 aromatic carbocycles. The topological polar surface area (TPSA) is 66.1 Å². The Morgan fingerprint density at radius 1 is 1.14 bits per heavy atom. The van der Waals surface area contributed by atoms with E-state index < -0.39 is 0 Å². The van der Waals surface area contributed by atoms with E-state index in [2.05, 4.69) is 26.2 Å². The first-order valence-electron chi connectivity index (χ1n) is 9.58. The summed E-state index contributed by atoms with van der Waals surface area (Å²) in [5.74, 6) is 1.26. The molecular weight excluding hydrogens is 374 g/mol. The predicted molar refractivity (Wildman–Crippen MR) is 118 cm³/mol. The number of hydrogen-bond acceptors (Lipinski definition) is 4. The molecule has 0 amide bonds. The molecular formula is C21H28ClN5O. The van der Waals surface area contributed by atoms with Crippen LogP contribution in [-0.2, 0) is 0 Å². The highest BCUT2D eigenvalue weighted by molar-refractivity contribution is 6.30. The third-order valence-corrected chi connectivity index (χ3v) is 5.06. The number of rotatable bonds is 7. The number of halogens is 1. The first kappa shape index (κ1) is 20.3. The summed E-state index contributed by atoms with van der Waals surface area (Å²) < 4.78 is 5.15. The molecule has 0 bridgehead atoms. The lowest BCUT2D eigenvalue weighted by Gasteiger charge is -2.36. The van der Waals surface area contributed by atoms with Crippen LogP contribution in [-0.4, -0.2) is 57.2 Å². The van der Waals surface area contributed by atoms with Gasteiger partial charge in [0.15, 0.2) is 5.96 Å². The van der Waals surface area contributed by atoms with Crippen molar-refractivity contribution < 1.29 is 4.74 Å². The third kappa shape index (κ3) is 6.04. The molecule has 28 heavy (non-hydrogen) atoms. The van der Waals surface area contributed by atoms with Crippen molar-refractivity contribution in [2.75, 3.05) is 56.6 Å². The summed E-state index contributed by atoms with van der Waals surface area (Å²) in [5, 5.41) is 3.89. The summed E-state index contributed by atoms with van der Waals surface area (Å²) in [6, 6.07) is 15.7. The van der Waals surface area contributed by atoms with E-state index in [0.29, 0.717) is 12.5 Å². The molecule has 0 unspecified atom stereocenters. The predicted octanol–water partition coefficient (Wildman–Crippen LogP) is 3.29. The zero-order valence-electron chi connectivity index (χ0n) is 16.3. The number of nitrogens with two attached hydrogens (primary N) is 1. The Kier molecular flexibility index (Phi) is 7.39. The van der Waals surface area contributed by atoms with Gasteiger partial charge < -0.3 is 20.7 Å². The van der Waals surface area contributed by atoms with Crippen molar-refractivity contribution in [1.82, 2.24) is 4.90 Å². The number of aliphatic imine (C=N–C) groups is 1. The van der Waals surface area contributed by atoms with E-state index in [9.17, 15) is 0 Å². The van der Waals surface area contributed by atoms with Gasteiger partial charge in [0.2, 0.25) is 0 Å². The van der Waals surface area contributed by atoms with Crippen LogP contribution in [0.1, 0.15) is 6.42 Å². The molecule has 0 radical (unpaired) electrons. The Bertz CT molecular complexity index is 773. The van der Waals surface area contributed by atoms with Crippen LogP contribution in [0.15, 0.2) is 53.5 Å². The summed E-state index contributed by atoms with van der Waals surface area (Å²) in [6.45, 7) is 5.88. The fourth-order valence-corrected chi connectivity index (χ4v) is 3.44. The smallest absolute Gasteiger partial charge is 0.193 e. The van der Waals surface area contributed by atoms with Crippen LogP contribution in [0.5, 0.6) is 5.75 Å². The molecule has 6 nitrogen and oxygen atoms in total. The number of nitrogens with zero attached hydrogens (tertiary/aromatic N) is 3. The highest BCUT2D eigenvalue weighted by Crippen LogP contribution is 2.20. The van der Waals surface area contributed by atoms with Crippen LogP contribution in [0.4, 0.5) is 11.4 Å². The summed E-state index contributed by atoms with van der Waals surface area (Å²) in [4.78, 5) is 9.28. The Balaban J connectivity index is 1.35. The largest absolute Gasteiger partial charge is 0.497 e. The Morgan fingerprint density at radius 3 is 2.57 bits per heavy atom. The number of methoxy groups -OCH3 is 1. The molecule has 0 spiro atoms. The molecule has 1 aliphatic rings. The molecule has 1 fully saturated rings. The van der Waals surface area contributed by atoms with Crippen LogP contribution >= 0.6 is 11.6 Å². The van der Waals surface area contributed by atoms with Gasteiger partial charge in [0.1, 0.15) is 5.75 Å². The van der Waals surface area contributed by atoms with Crippen molar-refractivity contribution in [3.63, 3.8) is 0 Å². The molecule has 150 valence electrons. The Morgan fingerprint density at radius 2 is 1.89 bits per heavy atom. The number of anilines is 2. The Hall–Kier alpha value is -2.44. The molecule has 3 N–H and O–H groups in total. The van der Waals surface area contributed by atoms with Gasteiger partial charge in [-0.3, -0.25) is 9.89 Å². The fourth-order valence-electron chi connectivity index (χ4n) is 3.26. The van der Waals surface area contributed by atoms with Gasteiger partial charge in [-0.2, -0.15) is 0 Å². The molecule has 7 heteroatoms. The van der Waals surface area contributed by atoms with E-state index in [1.807, 2.05) is 42.5 Å². The second-order valence-corrected chi connectivity index (χ2v) is 7.22. The van der Waals surface area contributed by atoms with Gasteiger partial charge in [-0.1, -0.05) is 17.7 Å². The minimum atomic E-state index is 0.441. The van der Waals surface area contributed by atoms with Gasteiger partial charge in [-0.25, -0.2) is 0 Å². The maximum atomic E-state index is 6.10. The first-order chi connectivity index (χ1) is 13.6. The third-order valence-electron chi connectivity index (χ3n) is 4.82. The summed E-state index contributed by atoms with van der Waals surface area (Å²) >= 11 is 6.10. The van der Waals surface area contributed by atoms with Crippen LogP contribution in [0.2, 0.25) is 5.02 Å². The van der Waals surface area contributed by atoms with Gasteiger partial charge in [-0.15, -0.1) is 0 Å². The zero-order valence-corrected chi connectivity index (χ0v) is 17.0. The second-order valence-electron chi connectivity index (χ2n) is 6.78. The molecule has 0 atom stereocenters. The summed E-state index contributed by atoms with van der Waals surface area (Å²) in [6.07, 6.45) is 0.988. The fraction of sp³-hybridized carbons (Fsp3) is 0.381. The lowest BCUT2D eigenvalue weighted by atomic mass is 10.2. The zero-order chi connectivity index (χ0) is 19.8.